The molecule has 0 bridgehead atoms. The Morgan fingerprint density at radius 2 is 1.94 bits per heavy atom. The van der Waals surface area contributed by atoms with E-state index in [0.29, 0.717) is 6.54 Å². The van der Waals surface area contributed by atoms with Gasteiger partial charge in [-0.25, -0.2) is 4.79 Å². The number of aliphatic carboxylic acids is 1. The molecule has 90 valence electrons. The molecular formula is C13H16N2O2. The summed E-state index contributed by atoms with van der Waals surface area (Å²) in [5.41, 5.74) is 2.06. The molecule has 17 heavy (non-hydrogen) atoms. The van der Waals surface area contributed by atoms with E-state index >= 15 is 0 Å². The van der Waals surface area contributed by atoms with Crippen molar-refractivity contribution in [2.45, 2.75) is 20.0 Å². The summed E-state index contributed by atoms with van der Waals surface area (Å²) < 4.78 is 0. The van der Waals surface area contributed by atoms with E-state index in [0.717, 1.165) is 11.3 Å². The van der Waals surface area contributed by atoms with Gasteiger partial charge in [0.25, 0.3) is 0 Å². The van der Waals surface area contributed by atoms with E-state index in [1.807, 2.05) is 50.5 Å². The quantitative estimate of drug-likeness (QED) is 0.866. The molecule has 0 radical (unpaired) electrons. The lowest BCUT2D eigenvalue weighted by atomic mass is 10.2. The first-order valence-corrected chi connectivity index (χ1v) is 5.65. The van der Waals surface area contributed by atoms with Crippen LogP contribution in [0.4, 0.5) is 5.69 Å². The van der Waals surface area contributed by atoms with Gasteiger partial charge in [-0.15, -0.1) is 0 Å². The number of likely N-dealkylation sites (N-methyl/N-ethyl adjacent to an activating group) is 1. The van der Waals surface area contributed by atoms with E-state index in [4.69, 9.17) is 0 Å². The molecule has 1 atom stereocenters. The Labute approximate surface area is 101 Å². The topological polar surface area (TPSA) is 43.8 Å². The number of carboxylic acids is 1. The third kappa shape index (κ3) is 2.11. The maximum absolute atomic E-state index is 11.3. The second-order valence-corrected chi connectivity index (χ2v) is 4.08. The monoisotopic (exact) mass is 232 g/mol. The highest BCUT2D eigenvalue weighted by Gasteiger charge is 2.32. The summed E-state index contributed by atoms with van der Waals surface area (Å²) in [6, 6.07) is 7.84. The summed E-state index contributed by atoms with van der Waals surface area (Å²) in [4.78, 5) is 14.9. The molecule has 0 aliphatic carbocycles. The fourth-order valence-corrected chi connectivity index (χ4v) is 1.96. The first-order valence-electron chi connectivity index (χ1n) is 5.65. The van der Waals surface area contributed by atoms with Crippen LogP contribution in [0.5, 0.6) is 0 Å². The first-order chi connectivity index (χ1) is 8.13. The molecule has 0 spiro atoms. The summed E-state index contributed by atoms with van der Waals surface area (Å²) in [6.07, 6.45) is 2.99. The third-order valence-corrected chi connectivity index (χ3v) is 2.91. The van der Waals surface area contributed by atoms with Crippen molar-refractivity contribution in [1.29, 1.82) is 0 Å². The molecule has 1 unspecified atom stereocenters. The predicted molar refractivity (Wildman–Crippen MR) is 66.6 cm³/mol. The summed E-state index contributed by atoms with van der Waals surface area (Å²) in [5.74, 6) is -0.836. The van der Waals surface area contributed by atoms with Crippen LogP contribution in [-0.2, 0) is 4.79 Å². The first kappa shape index (κ1) is 11.5. The number of benzene rings is 1. The average molecular weight is 232 g/mol. The summed E-state index contributed by atoms with van der Waals surface area (Å²) in [7, 11) is 0. The van der Waals surface area contributed by atoms with E-state index < -0.39 is 12.1 Å². The van der Waals surface area contributed by atoms with Gasteiger partial charge in [-0.1, -0.05) is 17.7 Å². The van der Waals surface area contributed by atoms with Crippen molar-refractivity contribution in [3.05, 3.63) is 42.2 Å². The number of carboxylic acid groups (broad SMARTS) is 1. The zero-order chi connectivity index (χ0) is 12.4. The molecule has 1 aliphatic rings. The number of hydrogen-bond acceptors (Lipinski definition) is 3. The molecule has 1 aromatic rings. The normalized spacial score (nSPS) is 18.8. The summed E-state index contributed by atoms with van der Waals surface area (Å²) in [6.45, 7) is 4.63. The van der Waals surface area contributed by atoms with Gasteiger partial charge in [-0.3, -0.25) is 0 Å². The molecule has 0 saturated heterocycles. The molecule has 0 fully saturated rings. The van der Waals surface area contributed by atoms with Crippen molar-refractivity contribution >= 4 is 11.7 Å². The van der Waals surface area contributed by atoms with Gasteiger partial charge in [0.1, 0.15) is 0 Å². The highest BCUT2D eigenvalue weighted by atomic mass is 16.4. The second kappa shape index (κ2) is 4.49. The van der Waals surface area contributed by atoms with E-state index in [9.17, 15) is 9.90 Å². The Morgan fingerprint density at radius 1 is 1.29 bits per heavy atom. The molecule has 4 heteroatoms. The van der Waals surface area contributed by atoms with Gasteiger partial charge in [0.15, 0.2) is 0 Å². The lowest BCUT2D eigenvalue weighted by Crippen LogP contribution is -2.44. The van der Waals surface area contributed by atoms with Crippen molar-refractivity contribution in [3.8, 4) is 0 Å². The molecule has 1 aliphatic heterocycles. The molecule has 1 heterocycles. The van der Waals surface area contributed by atoms with Gasteiger partial charge >= 0.3 is 5.97 Å². The minimum Gasteiger partial charge on any atom is -0.478 e. The number of hydrogen-bond donors (Lipinski definition) is 1. The van der Waals surface area contributed by atoms with Crippen LogP contribution in [0.25, 0.3) is 0 Å². The van der Waals surface area contributed by atoms with E-state index in [1.54, 1.807) is 9.80 Å². The Bertz CT molecular complexity index is 439. The highest BCUT2D eigenvalue weighted by Crippen LogP contribution is 2.24. The van der Waals surface area contributed by atoms with Gasteiger partial charge in [0.2, 0.25) is 6.17 Å². The minimum absolute atomic E-state index is 0.636. The molecule has 1 N–H and O–H groups in total. The number of aryl methyl sites for hydroxylation is 1. The van der Waals surface area contributed by atoms with Crippen LogP contribution in [0.2, 0.25) is 0 Å². The van der Waals surface area contributed by atoms with E-state index in [-0.39, 0.29) is 0 Å². The van der Waals surface area contributed by atoms with Crippen molar-refractivity contribution in [2.75, 3.05) is 11.4 Å². The molecule has 4 nitrogen and oxygen atoms in total. The van der Waals surface area contributed by atoms with Crippen LogP contribution in [-0.4, -0.2) is 28.7 Å². The summed E-state index contributed by atoms with van der Waals surface area (Å²) in [5, 5.41) is 9.28. The fraction of sp³-hybridized carbons (Fsp3) is 0.308. The van der Waals surface area contributed by atoms with Crippen LogP contribution in [0.15, 0.2) is 36.7 Å². The van der Waals surface area contributed by atoms with Gasteiger partial charge < -0.3 is 14.9 Å². The van der Waals surface area contributed by atoms with Crippen molar-refractivity contribution < 1.29 is 9.90 Å². The van der Waals surface area contributed by atoms with E-state index in [1.165, 1.54) is 0 Å². The number of rotatable bonds is 3. The fourth-order valence-electron chi connectivity index (χ4n) is 1.96. The minimum atomic E-state index is -0.836. The zero-order valence-electron chi connectivity index (χ0n) is 10.00. The molecular weight excluding hydrogens is 216 g/mol. The number of anilines is 1. The van der Waals surface area contributed by atoms with Crippen LogP contribution in [0.3, 0.4) is 0 Å². The highest BCUT2D eigenvalue weighted by molar-refractivity contribution is 5.79. The van der Waals surface area contributed by atoms with Crippen molar-refractivity contribution in [3.63, 3.8) is 0 Å². The second-order valence-electron chi connectivity index (χ2n) is 4.08. The van der Waals surface area contributed by atoms with Crippen LogP contribution in [0.1, 0.15) is 12.5 Å². The molecule has 1 aromatic carbocycles. The smallest absolute Gasteiger partial charge is 0.347 e. The number of nitrogens with zero attached hydrogens (tertiary/aromatic N) is 2. The Balaban J connectivity index is 2.29. The lowest BCUT2D eigenvalue weighted by molar-refractivity contribution is -0.141. The van der Waals surface area contributed by atoms with Crippen LogP contribution < -0.4 is 4.90 Å². The lowest BCUT2D eigenvalue weighted by Gasteiger charge is -2.28. The van der Waals surface area contributed by atoms with E-state index in [2.05, 4.69) is 0 Å². The van der Waals surface area contributed by atoms with Crippen LogP contribution >= 0.6 is 0 Å². The molecule has 2 rings (SSSR count). The molecule has 0 amide bonds. The van der Waals surface area contributed by atoms with Gasteiger partial charge in [-0.2, -0.15) is 0 Å². The maximum atomic E-state index is 11.3. The Morgan fingerprint density at radius 3 is 2.47 bits per heavy atom. The predicted octanol–water partition coefficient (Wildman–Crippen LogP) is 2.02. The standard InChI is InChI=1S/C13H16N2O2/c1-3-14-8-9-15(12(14)13(16)17)11-6-4-10(2)5-7-11/h4-9,12H,3H2,1-2H3,(H,16,17). The van der Waals surface area contributed by atoms with Gasteiger partial charge in [0.05, 0.1) is 0 Å². The van der Waals surface area contributed by atoms with Crippen molar-refractivity contribution in [1.82, 2.24) is 4.90 Å². The number of carbonyl (C=O) groups is 1. The van der Waals surface area contributed by atoms with Crippen molar-refractivity contribution in [2.24, 2.45) is 0 Å². The maximum Gasteiger partial charge on any atom is 0.347 e. The van der Waals surface area contributed by atoms with Gasteiger partial charge in [-0.05, 0) is 26.0 Å². The zero-order valence-corrected chi connectivity index (χ0v) is 10.00. The van der Waals surface area contributed by atoms with Crippen LogP contribution in [0, 0.1) is 6.92 Å². The van der Waals surface area contributed by atoms with Gasteiger partial charge in [0, 0.05) is 24.6 Å². The summed E-state index contributed by atoms with van der Waals surface area (Å²) >= 11 is 0. The molecule has 0 saturated carbocycles. The molecule has 0 aromatic heterocycles. The largest absolute Gasteiger partial charge is 0.478 e. The Hall–Kier alpha value is -1.97. The third-order valence-electron chi connectivity index (χ3n) is 2.91. The Kier molecular flexibility index (Phi) is 3.04. The SMILES string of the molecule is CCN1C=CN(c2ccc(C)cc2)C1C(=O)O. The average Bonchev–Trinajstić information content (AvgIpc) is 2.73.